The smallest absolute Gasteiger partial charge is 0.00725 e. The van der Waals surface area contributed by atoms with Crippen molar-refractivity contribution in [1.82, 2.24) is 5.32 Å². The van der Waals surface area contributed by atoms with E-state index in [0.717, 1.165) is 23.1 Å². The Bertz CT molecular complexity index is 152. The molecule has 0 aromatic heterocycles. The first-order valence-electron chi connectivity index (χ1n) is 5.89. The first kappa shape index (κ1) is 12.4. The summed E-state index contributed by atoms with van der Waals surface area (Å²) in [6.07, 6.45) is 6.32. The highest BCUT2D eigenvalue weighted by atomic mass is 32.2. The second-order valence-corrected chi connectivity index (χ2v) is 6.24. The maximum Gasteiger partial charge on any atom is 0.00725 e. The summed E-state index contributed by atoms with van der Waals surface area (Å²) in [5, 5.41) is 4.46. The van der Waals surface area contributed by atoms with Crippen LogP contribution in [0.4, 0.5) is 0 Å². The van der Waals surface area contributed by atoms with Crippen LogP contribution in [-0.2, 0) is 0 Å². The third-order valence-electron chi connectivity index (χ3n) is 3.50. The lowest BCUT2D eigenvalue weighted by Crippen LogP contribution is -2.43. The van der Waals surface area contributed by atoms with Gasteiger partial charge in [-0.1, -0.05) is 20.8 Å². The molecular weight excluding hydrogens is 190 g/mol. The Labute approximate surface area is 93.4 Å². The average molecular weight is 215 g/mol. The van der Waals surface area contributed by atoms with Crippen molar-refractivity contribution in [3.05, 3.63) is 0 Å². The molecule has 1 aliphatic rings. The van der Waals surface area contributed by atoms with Gasteiger partial charge in [0.2, 0.25) is 0 Å². The summed E-state index contributed by atoms with van der Waals surface area (Å²) in [6, 6.07) is 0.830. The quantitative estimate of drug-likeness (QED) is 0.730. The lowest BCUT2D eigenvalue weighted by Gasteiger charge is -2.38. The summed E-state index contributed by atoms with van der Waals surface area (Å²) in [7, 11) is 0. The molecule has 0 aromatic carbocycles. The predicted octanol–water partition coefficient (Wildman–Crippen LogP) is 3.15. The van der Waals surface area contributed by atoms with E-state index in [1.807, 2.05) is 11.8 Å². The molecular formula is C12H25NS. The van der Waals surface area contributed by atoms with E-state index in [1.165, 1.54) is 25.8 Å². The zero-order chi connectivity index (χ0) is 10.6. The van der Waals surface area contributed by atoms with Crippen LogP contribution in [0.25, 0.3) is 0 Å². The van der Waals surface area contributed by atoms with Gasteiger partial charge in [-0.05, 0) is 43.9 Å². The van der Waals surface area contributed by atoms with Gasteiger partial charge in [0.25, 0.3) is 0 Å². The number of thioether (sulfide) groups is 1. The minimum absolute atomic E-state index is 0.809. The van der Waals surface area contributed by atoms with Crippen LogP contribution in [0.1, 0.15) is 40.0 Å². The maximum atomic E-state index is 3.66. The van der Waals surface area contributed by atoms with E-state index in [0.29, 0.717) is 0 Å². The Hall–Kier alpha value is 0.310. The Morgan fingerprint density at radius 2 is 1.93 bits per heavy atom. The number of rotatable bonds is 6. The van der Waals surface area contributed by atoms with Crippen LogP contribution < -0.4 is 5.32 Å². The van der Waals surface area contributed by atoms with Gasteiger partial charge in [0, 0.05) is 11.3 Å². The third-order valence-corrected chi connectivity index (χ3v) is 4.54. The minimum Gasteiger partial charge on any atom is -0.314 e. The highest BCUT2D eigenvalue weighted by Gasteiger charge is 2.30. The van der Waals surface area contributed by atoms with Gasteiger partial charge in [-0.15, -0.1) is 0 Å². The zero-order valence-corrected chi connectivity index (χ0v) is 10.9. The first-order valence-corrected chi connectivity index (χ1v) is 7.18. The molecule has 0 bridgehead atoms. The molecule has 1 nitrogen and oxygen atoms in total. The Kier molecular flexibility index (Phi) is 5.32. The SMILES string of the molecule is CSC(C)CCNC1CC(C(C)C)C1. The summed E-state index contributed by atoms with van der Waals surface area (Å²) < 4.78 is 0. The van der Waals surface area contributed by atoms with Gasteiger partial charge in [0.15, 0.2) is 0 Å². The summed E-state index contributed by atoms with van der Waals surface area (Å²) in [5.74, 6) is 1.88. The average Bonchev–Trinajstić information content (AvgIpc) is 2.07. The van der Waals surface area contributed by atoms with Gasteiger partial charge in [0.1, 0.15) is 0 Å². The van der Waals surface area contributed by atoms with Crippen molar-refractivity contribution in [2.24, 2.45) is 11.8 Å². The fraction of sp³-hybridized carbons (Fsp3) is 1.00. The standard InChI is InChI=1S/C12H25NS/c1-9(2)11-7-12(8-11)13-6-5-10(3)14-4/h9-13H,5-8H2,1-4H3. The molecule has 0 amide bonds. The summed E-state index contributed by atoms with van der Waals surface area (Å²) in [5.41, 5.74) is 0. The van der Waals surface area contributed by atoms with E-state index >= 15 is 0 Å². The molecule has 0 saturated heterocycles. The van der Waals surface area contributed by atoms with Gasteiger partial charge in [-0.25, -0.2) is 0 Å². The monoisotopic (exact) mass is 215 g/mol. The Morgan fingerprint density at radius 1 is 1.29 bits per heavy atom. The summed E-state index contributed by atoms with van der Waals surface area (Å²) in [4.78, 5) is 0. The van der Waals surface area contributed by atoms with Crippen molar-refractivity contribution < 1.29 is 0 Å². The lowest BCUT2D eigenvalue weighted by atomic mass is 9.74. The van der Waals surface area contributed by atoms with Crippen LogP contribution in [0.5, 0.6) is 0 Å². The van der Waals surface area contributed by atoms with Crippen molar-refractivity contribution >= 4 is 11.8 Å². The molecule has 1 saturated carbocycles. The topological polar surface area (TPSA) is 12.0 Å². The van der Waals surface area contributed by atoms with E-state index in [9.17, 15) is 0 Å². The van der Waals surface area contributed by atoms with Gasteiger partial charge in [-0.3, -0.25) is 0 Å². The van der Waals surface area contributed by atoms with Crippen LogP contribution in [0, 0.1) is 11.8 Å². The molecule has 1 fully saturated rings. The first-order chi connectivity index (χ1) is 6.63. The van der Waals surface area contributed by atoms with Crippen molar-refractivity contribution in [1.29, 1.82) is 0 Å². The summed E-state index contributed by atoms with van der Waals surface area (Å²) in [6.45, 7) is 8.20. The molecule has 1 aliphatic carbocycles. The molecule has 14 heavy (non-hydrogen) atoms. The minimum atomic E-state index is 0.809. The van der Waals surface area contributed by atoms with E-state index in [1.54, 1.807) is 0 Å². The second kappa shape index (κ2) is 6.02. The van der Waals surface area contributed by atoms with E-state index in [-0.39, 0.29) is 0 Å². The molecule has 1 unspecified atom stereocenters. The normalized spacial score (nSPS) is 28.9. The van der Waals surface area contributed by atoms with Gasteiger partial charge in [-0.2, -0.15) is 11.8 Å². The molecule has 1 atom stereocenters. The van der Waals surface area contributed by atoms with Crippen LogP contribution in [0.3, 0.4) is 0 Å². The number of hydrogen-bond acceptors (Lipinski definition) is 2. The number of nitrogens with one attached hydrogen (secondary N) is 1. The van der Waals surface area contributed by atoms with Crippen molar-refractivity contribution in [2.45, 2.75) is 51.3 Å². The molecule has 84 valence electrons. The van der Waals surface area contributed by atoms with Crippen molar-refractivity contribution in [3.63, 3.8) is 0 Å². The lowest BCUT2D eigenvalue weighted by molar-refractivity contribution is 0.169. The molecule has 2 heteroatoms. The Morgan fingerprint density at radius 3 is 2.43 bits per heavy atom. The molecule has 1 rings (SSSR count). The fourth-order valence-corrected chi connectivity index (χ4v) is 2.33. The van der Waals surface area contributed by atoms with Gasteiger partial charge in [0.05, 0.1) is 0 Å². The third kappa shape index (κ3) is 3.82. The van der Waals surface area contributed by atoms with E-state index < -0.39 is 0 Å². The van der Waals surface area contributed by atoms with Crippen LogP contribution in [0.2, 0.25) is 0 Å². The number of hydrogen-bond donors (Lipinski definition) is 1. The maximum absolute atomic E-state index is 3.66. The van der Waals surface area contributed by atoms with Gasteiger partial charge >= 0.3 is 0 Å². The van der Waals surface area contributed by atoms with Gasteiger partial charge < -0.3 is 5.32 Å². The molecule has 0 radical (unpaired) electrons. The molecule has 0 spiro atoms. The van der Waals surface area contributed by atoms with E-state index in [2.05, 4.69) is 32.3 Å². The van der Waals surface area contributed by atoms with Crippen molar-refractivity contribution in [2.75, 3.05) is 12.8 Å². The highest BCUT2D eigenvalue weighted by molar-refractivity contribution is 7.99. The molecule has 1 N–H and O–H groups in total. The van der Waals surface area contributed by atoms with Crippen LogP contribution >= 0.6 is 11.8 Å². The predicted molar refractivity (Wildman–Crippen MR) is 66.9 cm³/mol. The van der Waals surface area contributed by atoms with Crippen LogP contribution in [0.15, 0.2) is 0 Å². The van der Waals surface area contributed by atoms with Crippen molar-refractivity contribution in [3.8, 4) is 0 Å². The highest BCUT2D eigenvalue weighted by Crippen LogP contribution is 2.33. The molecule has 0 aliphatic heterocycles. The Balaban J connectivity index is 1.96. The summed E-state index contributed by atoms with van der Waals surface area (Å²) >= 11 is 1.97. The van der Waals surface area contributed by atoms with E-state index in [4.69, 9.17) is 0 Å². The second-order valence-electron chi connectivity index (χ2n) is 4.96. The fourth-order valence-electron chi connectivity index (χ4n) is 1.98. The molecule has 0 heterocycles. The zero-order valence-electron chi connectivity index (χ0n) is 10.0. The largest absolute Gasteiger partial charge is 0.314 e. The molecule has 0 aromatic rings. The van der Waals surface area contributed by atoms with Crippen LogP contribution in [-0.4, -0.2) is 24.1 Å².